The summed E-state index contributed by atoms with van der Waals surface area (Å²) in [7, 11) is 0. The van der Waals surface area contributed by atoms with Crippen molar-refractivity contribution in [3.05, 3.63) is 65.2 Å². The van der Waals surface area contributed by atoms with Gasteiger partial charge >= 0.3 is 0 Å². The monoisotopic (exact) mass is 338 g/mol. The van der Waals surface area contributed by atoms with E-state index in [4.69, 9.17) is 4.74 Å². The molecule has 0 unspecified atom stereocenters. The van der Waals surface area contributed by atoms with Crippen LogP contribution in [0.1, 0.15) is 55.6 Å². The predicted octanol–water partition coefficient (Wildman–Crippen LogP) is 4.54. The fourth-order valence-corrected chi connectivity index (χ4v) is 2.28. The summed E-state index contributed by atoms with van der Waals surface area (Å²) in [5.41, 5.74) is 5.23. The molecule has 0 saturated heterocycles. The molecule has 0 fully saturated rings. The Morgan fingerprint density at radius 3 is 2.44 bits per heavy atom. The molecule has 1 amide bonds. The number of carbonyl (C=O) groups is 1. The Morgan fingerprint density at radius 1 is 1.12 bits per heavy atom. The summed E-state index contributed by atoms with van der Waals surface area (Å²) in [4.78, 5) is 12.2. The highest BCUT2D eigenvalue weighted by Gasteiger charge is 2.14. The molecule has 132 valence electrons. The van der Waals surface area contributed by atoms with Gasteiger partial charge in [-0.2, -0.15) is 5.10 Å². The van der Waals surface area contributed by atoms with Crippen LogP contribution in [0.15, 0.2) is 53.6 Å². The summed E-state index contributed by atoms with van der Waals surface area (Å²) >= 11 is 0. The highest BCUT2D eigenvalue weighted by Crippen LogP contribution is 2.22. The van der Waals surface area contributed by atoms with Gasteiger partial charge in [0.1, 0.15) is 5.75 Å². The summed E-state index contributed by atoms with van der Waals surface area (Å²) in [5.74, 6) is 0.528. The molecule has 2 rings (SSSR count). The number of hydrazone groups is 1. The van der Waals surface area contributed by atoms with Crippen LogP contribution in [-0.2, 0) is 5.41 Å². The number of hydrogen-bond acceptors (Lipinski definition) is 3. The molecule has 2 aromatic carbocycles. The van der Waals surface area contributed by atoms with Crippen LogP contribution in [0.5, 0.6) is 5.75 Å². The minimum absolute atomic E-state index is 0.0648. The van der Waals surface area contributed by atoms with Crippen LogP contribution in [0.3, 0.4) is 0 Å². The Labute approximate surface area is 149 Å². The van der Waals surface area contributed by atoms with Crippen LogP contribution in [0, 0.1) is 0 Å². The maximum absolute atomic E-state index is 12.2. The van der Waals surface area contributed by atoms with Gasteiger partial charge in [0.25, 0.3) is 5.91 Å². The van der Waals surface area contributed by atoms with Crippen LogP contribution in [0.4, 0.5) is 0 Å². The zero-order chi connectivity index (χ0) is 18.3. The van der Waals surface area contributed by atoms with Crippen LogP contribution < -0.4 is 10.2 Å². The normalized spacial score (nSPS) is 11.5. The van der Waals surface area contributed by atoms with E-state index in [1.807, 2.05) is 48.5 Å². The second-order valence-electron chi connectivity index (χ2n) is 6.91. The SMILES string of the molecule is CCCOc1ccccc1/C=N\NC(=O)c1ccc(C(C)(C)C)cc1. The highest BCUT2D eigenvalue weighted by atomic mass is 16.5. The molecule has 4 heteroatoms. The highest BCUT2D eigenvalue weighted by molar-refractivity contribution is 5.95. The third-order valence-corrected chi connectivity index (χ3v) is 3.76. The number of carbonyl (C=O) groups excluding carboxylic acids is 1. The maximum Gasteiger partial charge on any atom is 0.271 e. The van der Waals surface area contributed by atoms with Crippen LogP contribution in [0.25, 0.3) is 0 Å². The van der Waals surface area contributed by atoms with Gasteiger partial charge in [-0.15, -0.1) is 0 Å². The lowest BCUT2D eigenvalue weighted by Crippen LogP contribution is -2.18. The molecule has 0 atom stereocenters. The molecule has 0 saturated carbocycles. The van der Waals surface area contributed by atoms with E-state index in [0.717, 1.165) is 17.7 Å². The van der Waals surface area contributed by atoms with Gasteiger partial charge in [-0.3, -0.25) is 4.79 Å². The molecular formula is C21H26N2O2. The van der Waals surface area contributed by atoms with Gasteiger partial charge in [0.15, 0.2) is 0 Å². The van der Waals surface area contributed by atoms with Gasteiger partial charge in [0.05, 0.1) is 12.8 Å². The first-order valence-electron chi connectivity index (χ1n) is 8.57. The molecule has 0 aliphatic carbocycles. The quantitative estimate of drug-likeness (QED) is 0.621. The van der Waals surface area contributed by atoms with Crippen LogP contribution in [-0.4, -0.2) is 18.7 Å². The Balaban J connectivity index is 2.01. The fourth-order valence-electron chi connectivity index (χ4n) is 2.28. The Kier molecular flexibility index (Phi) is 6.34. The van der Waals surface area contributed by atoms with E-state index in [-0.39, 0.29) is 11.3 Å². The molecule has 2 aromatic rings. The van der Waals surface area contributed by atoms with Crippen molar-refractivity contribution in [2.45, 2.75) is 39.5 Å². The van der Waals surface area contributed by atoms with Gasteiger partial charge in [-0.25, -0.2) is 5.43 Å². The Hall–Kier alpha value is -2.62. The standard InChI is InChI=1S/C21H26N2O2/c1-5-14-25-19-9-7-6-8-17(19)15-22-23-20(24)16-10-12-18(13-11-16)21(2,3)4/h6-13,15H,5,14H2,1-4H3,(H,23,24)/b22-15-. The second kappa shape index (κ2) is 8.47. The van der Waals surface area contributed by atoms with Crippen LogP contribution in [0.2, 0.25) is 0 Å². The average molecular weight is 338 g/mol. The van der Waals surface area contributed by atoms with Crippen molar-refractivity contribution in [2.24, 2.45) is 5.10 Å². The number of amides is 1. The molecular weight excluding hydrogens is 312 g/mol. The fraction of sp³-hybridized carbons (Fsp3) is 0.333. The minimum Gasteiger partial charge on any atom is -0.493 e. The lowest BCUT2D eigenvalue weighted by Gasteiger charge is -2.18. The maximum atomic E-state index is 12.2. The number of hydrogen-bond donors (Lipinski definition) is 1. The van der Waals surface area contributed by atoms with Crippen molar-refractivity contribution >= 4 is 12.1 Å². The molecule has 0 heterocycles. The summed E-state index contributed by atoms with van der Waals surface area (Å²) in [5, 5.41) is 4.05. The van der Waals surface area contributed by atoms with Crippen molar-refractivity contribution in [2.75, 3.05) is 6.61 Å². The van der Waals surface area contributed by atoms with Gasteiger partial charge in [-0.1, -0.05) is 52.0 Å². The first-order chi connectivity index (χ1) is 11.9. The third-order valence-electron chi connectivity index (χ3n) is 3.76. The lowest BCUT2D eigenvalue weighted by atomic mass is 9.87. The van der Waals surface area contributed by atoms with Crippen molar-refractivity contribution < 1.29 is 9.53 Å². The van der Waals surface area contributed by atoms with Crippen LogP contribution >= 0.6 is 0 Å². The van der Waals surface area contributed by atoms with Gasteiger partial charge in [-0.05, 0) is 41.7 Å². The number of para-hydroxylation sites is 1. The molecule has 25 heavy (non-hydrogen) atoms. The number of nitrogens with one attached hydrogen (secondary N) is 1. The first kappa shape index (κ1) is 18.7. The van der Waals surface area contributed by atoms with E-state index in [9.17, 15) is 4.79 Å². The molecule has 1 N–H and O–H groups in total. The van der Waals surface area contributed by atoms with Gasteiger partial charge in [0.2, 0.25) is 0 Å². The van der Waals surface area contributed by atoms with Crippen molar-refractivity contribution in [1.82, 2.24) is 5.43 Å². The number of nitrogens with zero attached hydrogens (tertiary/aromatic N) is 1. The van der Waals surface area contributed by atoms with E-state index in [1.54, 1.807) is 6.21 Å². The molecule has 0 bridgehead atoms. The molecule has 0 radical (unpaired) electrons. The van der Waals surface area contributed by atoms with Crippen molar-refractivity contribution in [3.8, 4) is 5.75 Å². The summed E-state index contributed by atoms with van der Waals surface area (Å²) < 4.78 is 5.67. The third kappa shape index (κ3) is 5.45. The summed E-state index contributed by atoms with van der Waals surface area (Å²) in [6.45, 7) is 9.14. The summed E-state index contributed by atoms with van der Waals surface area (Å²) in [6.07, 6.45) is 2.54. The molecule has 4 nitrogen and oxygen atoms in total. The number of benzene rings is 2. The Morgan fingerprint density at radius 2 is 1.80 bits per heavy atom. The minimum atomic E-state index is -0.233. The van der Waals surface area contributed by atoms with Crippen molar-refractivity contribution in [1.29, 1.82) is 0 Å². The second-order valence-corrected chi connectivity index (χ2v) is 6.91. The molecule has 0 aromatic heterocycles. The van der Waals surface area contributed by atoms with E-state index in [0.29, 0.717) is 12.2 Å². The number of ether oxygens (including phenoxy) is 1. The molecule has 0 spiro atoms. The first-order valence-corrected chi connectivity index (χ1v) is 8.57. The smallest absolute Gasteiger partial charge is 0.271 e. The summed E-state index contributed by atoms with van der Waals surface area (Å²) in [6, 6.07) is 15.2. The average Bonchev–Trinajstić information content (AvgIpc) is 2.60. The number of rotatable bonds is 6. The zero-order valence-electron chi connectivity index (χ0n) is 15.4. The Bertz CT molecular complexity index is 728. The van der Waals surface area contributed by atoms with Crippen molar-refractivity contribution in [3.63, 3.8) is 0 Å². The zero-order valence-corrected chi connectivity index (χ0v) is 15.4. The molecule has 0 aliphatic rings. The topological polar surface area (TPSA) is 50.7 Å². The van der Waals surface area contributed by atoms with Gasteiger partial charge in [0, 0.05) is 11.1 Å². The van der Waals surface area contributed by atoms with E-state index in [2.05, 4.69) is 38.2 Å². The molecule has 0 aliphatic heterocycles. The predicted molar refractivity (Wildman–Crippen MR) is 102 cm³/mol. The largest absolute Gasteiger partial charge is 0.493 e. The van der Waals surface area contributed by atoms with E-state index >= 15 is 0 Å². The van der Waals surface area contributed by atoms with E-state index < -0.39 is 0 Å². The van der Waals surface area contributed by atoms with E-state index in [1.165, 1.54) is 5.56 Å². The lowest BCUT2D eigenvalue weighted by molar-refractivity contribution is 0.0955. The van der Waals surface area contributed by atoms with Gasteiger partial charge < -0.3 is 4.74 Å².